The number of halogens is 1. The fourth-order valence-electron chi connectivity index (χ4n) is 2.40. The van der Waals surface area contributed by atoms with Crippen LogP contribution in [0.25, 0.3) is 0 Å². The highest BCUT2D eigenvalue weighted by Gasteiger charge is 2.21. The SMILES string of the molecule is CC(Oc1cc(C(C)C)c(ONc2nccc(N)n2)cc1I)O[Si](C)(C)C. The highest BCUT2D eigenvalue weighted by atomic mass is 127. The second-order valence-corrected chi connectivity index (χ2v) is 13.0. The second-order valence-electron chi connectivity index (χ2n) is 7.40. The zero-order valence-corrected chi connectivity index (χ0v) is 19.7. The summed E-state index contributed by atoms with van der Waals surface area (Å²) in [7, 11) is -1.68. The van der Waals surface area contributed by atoms with Crippen LogP contribution < -0.4 is 20.8 Å². The van der Waals surface area contributed by atoms with Crippen LogP contribution in [0.2, 0.25) is 19.6 Å². The van der Waals surface area contributed by atoms with E-state index >= 15 is 0 Å². The first-order valence-electron chi connectivity index (χ1n) is 8.74. The molecule has 0 aliphatic rings. The Morgan fingerprint density at radius 3 is 2.44 bits per heavy atom. The van der Waals surface area contributed by atoms with Crippen molar-refractivity contribution in [3.05, 3.63) is 33.5 Å². The zero-order valence-electron chi connectivity index (χ0n) is 16.5. The van der Waals surface area contributed by atoms with E-state index in [0.717, 1.165) is 14.9 Å². The van der Waals surface area contributed by atoms with Crippen LogP contribution in [0.1, 0.15) is 32.3 Å². The summed E-state index contributed by atoms with van der Waals surface area (Å²) in [6.07, 6.45) is 1.26. The van der Waals surface area contributed by atoms with Gasteiger partial charge in [0.2, 0.25) is 0 Å². The molecule has 0 spiro atoms. The van der Waals surface area contributed by atoms with Gasteiger partial charge in [-0.2, -0.15) is 10.5 Å². The number of nitrogens with one attached hydrogen (secondary N) is 1. The molecule has 0 amide bonds. The van der Waals surface area contributed by atoms with Crippen molar-refractivity contribution in [3.8, 4) is 11.5 Å². The predicted molar refractivity (Wildman–Crippen MR) is 118 cm³/mol. The topological polar surface area (TPSA) is 91.5 Å². The third-order valence-electron chi connectivity index (χ3n) is 3.43. The van der Waals surface area contributed by atoms with Gasteiger partial charge in [0.15, 0.2) is 20.4 Å². The Morgan fingerprint density at radius 2 is 1.85 bits per heavy atom. The van der Waals surface area contributed by atoms with E-state index in [2.05, 4.69) is 71.5 Å². The normalized spacial score (nSPS) is 12.7. The van der Waals surface area contributed by atoms with Gasteiger partial charge in [-0.05, 0) is 67.2 Å². The molecule has 1 aromatic heterocycles. The van der Waals surface area contributed by atoms with E-state index in [-0.39, 0.29) is 12.2 Å². The number of hydrogen-bond donors (Lipinski definition) is 2. The van der Waals surface area contributed by atoms with Crippen LogP contribution in [0.4, 0.5) is 11.8 Å². The van der Waals surface area contributed by atoms with E-state index in [1.807, 2.05) is 19.1 Å². The lowest BCUT2D eigenvalue weighted by atomic mass is 10.0. The lowest BCUT2D eigenvalue weighted by molar-refractivity contribution is 0.0150. The summed E-state index contributed by atoms with van der Waals surface area (Å²) in [5.41, 5.74) is 9.42. The molecular weight excluding hydrogens is 475 g/mol. The van der Waals surface area contributed by atoms with Gasteiger partial charge in [0, 0.05) is 17.8 Å². The number of ether oxygens (including phenoxy) is 1. The van der Waals surface area contributed by atoms with Gasteiger partial charge in [-0.1, -0.05) is 13.8 Å². The molecule has 1 heterocycles. The fraction of sp³-hybridized carbons (Fsp3) is 0.444. The summed E-state index contributed by atoms with van der Waals surface area (Å²) in [6, 6.07) is 5.53. The van der Waals surface area contributed by atoms with Crippen molar-refractivity contribution in [2.75, 3.05) is 11.2 Å². The molecule has 2 rings (SSSR count). The minimum absolute atomic E-state index is 0.233. The first kappa shape index (κ1) is 21.7. The van der Waals surface area contributed by atoms with Gasteiger partial charge in [0.25, 0.3) is 5.95 Å². The standard InChI is InChI=1S/C18H27IN4O3Si/c1-11(2)13-9-16(24-12(3)26-27(4,5)6)14(19)10-15(13)25-23-18-21-8-7-17(20)22-18/h7-12H,1-6H3,(H3,20,21,22,23). The number of aromatic nitrogens is 2. The van der Waals surface area contributed by atoms with E-state index in [0.29, 0.717) is 17.5 Å². The smallest absolute Gasteiger partial charge is 0.258 e. The van der Waals surface area contributed by atoms with Crippen molar-refractivity contribution < 1.29 is 14.0 Å². The van der Waals surface area contributed by atoms with Gasteiger partial charge < -0.3 is 19.7 Å². The number of nitrogens with zero attached hydrogens (tertiary/aromatic N) is 2. The molecule has 1 atom stereocenters. The maximum absolute atomic E-state index is 6.03. The van der Waals surface area contributed by atoms with Gasteiger partial charge in [0.05, 0.1) is 3.57 Å². The summed E-state index contributed by atoms with van der Waals surface area (Å²) in [5, 5.41) is 0. The van der Waals surface area contributed by atoms with Crippen molar-refractivity contribution >= 4 is 42.7 Å². The lowest BCUT2D eigenvalue weighted by Crippen LogP contribution is -2.33. The van der Waals surface area contributed by atoms with E-state index in [1.54, 1.807) is 12.3 Å². The monoisotopic (exact) mass is 502 g/mol. The molecule has 7 nitrogen and oxygen atoms in total. The van der Waals surface area contributed by atoms with E-state index in [1.165, 1.54) is 0 Å². The van der Waals surface area contributed by atoms with Crippen LogP contribution in [0.5, 0.6) is 11.5 Å². The Balaban J connectivity index is 2.20. The highest BCUT2D eigenvalue weighted by Crippen LogP contribution is 2.35. The summed E-state index contributed by atoms with van der Waals surface area (Å²) >= 11 is 2.23. The molecule has 27 heavy (non-hydrogen) atoms. The largest absolute Gasteiger partial charge is 0.465 e. The van der Waals surface area contributed by atoms with E-state index in [9.17, 15) is 0 Å². The van der Waals surface area contributed by atoms with Gasteiger partial charge in [0.1, 0.15) is 11.6 Å². The minimum atomic E-state index is -1.68. The molecule has 0 aliphatic carbocycles. The van der Waals surface area contributed by atoms with Crippen LogP contribution in [0.15, 0.2) is 24.4 Å². The maximum Gasteiger partial charge on any atom is 0.258 e. The molecule has 2 aromatic rings. The number of nitrogen functional groups attached to an aromatic ring is 1. The Morgan fingerprint density at radius 1 is 1.15 bits per heavy atom. The molecule has 148 valence electrons. The lowest BCUT2D eigenvalue weighted by Gasteiger charge is -2.25. The average molecular weight is 502 g/mol. The summed E-state index contributed by atoms with van der Waals surface area (Å²) in [5.74, 6) is 2.37. The van der Waals surface area contributed by atoms with Crippen LogP contribution in [-0.2, 0) is 4.43 Å². The molecule has 0 bridgehead atoms. The Labute approximate surface area is 175 Å². The summed E-state index contributed by atoms with van der Waals surface area (Å²) < 4.78 is 12.9. The third-order valence-corrected chi connectivity index (χ3v) is 5.31. The molecule has 9 heteroatoms. The number of nitrogens with two attached hydrogens (primary N) is 1. The first-order valence-corrected chi connectivity index (χ1v) is 13.2. The predicted octanol–water partition coefficient (Wildman–Crippen LogP) is 4.77. The highest BCUT2D eigenvalue weighted by molar-refractivity contribution is 14.1. The minimum Gasteiger partial charge on any atom is -0.465 e. The van der Waals surface area contributed by atoms with E-state index in [4.69, 9.17) is 19.7 Å². The molecule has 0 saturated carbocycles. The Hall–Kier alpha value is -1.59. The maximum atomic E-state index is 6.03. The number of benzene rings is 1. The van der Waals surface area contributed by atoms with Gasteiger partial charge in [-0.3, -0.25) is 0 Å². The van der Waals surface area contributed by atoms with Crippen molar-refractivity contribution in [3.63, 3.8) is 0 Å². The van der Waals surface area contributed by atoms with Crippen LogP contribution in [-0.4, -0.2) is 24.6 Å². The van der Waals surface area contributed by atoms with Gasteiger partial charge in [-0.25, -0.2) is 4.98 Å². The zero-order chi connectivity index (χ0) is 20.2. The van der Waals surface area contributed by atoms with Gasteiger partial charge >= 0.3 is 0 Å². The molecule has 1 aromatic carbocycles. The molecule has 3 N–H and O–H groups in total. The van der Waals surface area contributed by atoms with Crippen molar-refractivity contribution in [2.24, 2.45) is 0 Å². The molecule has 0 saturated heterocycles. The number of hydrogen-bond acceptors (Lipinski definition) is 7. The average Bonchev–Trinajstić information content (AvgIpc) is 2.53. The van der Waals surface area contributed by atoms with E-state index < -0.39 is 8.32 Å². The number of anilines is 2. The molecule has 0 radical (unpaired) electrons. The van der Waals surface area contributed by atoms with Crippen molar-refractivity contribution in [1.82, 2.24) is 9.97 Å². The molecule has 0 fully saturated rings. The fourth-order valence-corrected chi connectivity index (χ4v) is 4.01. The van der Waals surface area contributed by atoms with Crippen molar-refractivity contribution in [1.29, 1.82) is 0 Å². The number of rotatable bonds is 8. The third kappa shape index (κ3) is 6.81. The molecule has 1 unspecified atom stereocenters. The molecule has 0 aliphatic heterocycles. The van der Waals surface area contributed by atoms with Gasteiger partial charge in [-0.15, -0.1) is 0 Å². The van der Waals surface area contributed by atoms with Crippen LogP contribution >= 0.6 is 22.6 Å². The Bertz CT molecular complexity index is 784. The van der Waals surface area contributed by atoms with Crippen LogP contribution in [0.3, 0.4) is 0 Å². The Kier molecular flexibility index (Phi) is 7.29. The second kappa shape index (κ2) is 9.07. The summed E-state index contributed by atoms with van der Waals surface area (Å²) in [6.45, 7) is 12.5. The first-order chi connectivity index (χ1) is 12.5. The quantitative estimate of drug-likeness (QED) is 0.233. The summed E-state index contributed by atoms with van der Waals surface area (Å²) in [4.78, 5) is 13.9. The molecular formula is C18H27IN4O3Si. The van der Waals surface area contributed by atoms with Crippen LogP contribution in [0, 0.1) is 3.57 Å². The van der Waals surface area contributed by atoms with Crippen molar-refractivity contribution in [2.45, 2.75) is 52.6 Å².